The molecule has 0 bridgehead atoms. The third kappa shape index (κ3) is 4.90. The highest BCUT2D eigenvalue weighted by Crippen LogP contribution is 2.31. The molecule has 3 aromatic carbocycles. The molecule has 0 atom stereocenters. The molecule has 1 N–H and O–H groups in total. The van der Waals surface area contributed by atoms with Crippen molar-refractivity contribution in [1.29, 1.82) is 5.26 Å². The van der Waals surface area contributed by atoms with Crippen molar-refractivity contribution >= 4 is 40.1 Å². The number of non-ortho nitro benzene ring substituents is 1. The lowest BCUT2D eigenvalue weighted by Gasteiger charge is -2.11. The Balaban J connectivity index is 1.41. The highest BCUT2D eigenvalue weighted by Gasteiger charge is 2.13. The molecular weight excluding hydrogens is 482 g/mol. The highest BCUT2D eigenvalue weighted by atomic mass is 32.2. The lowest BCUT2D eigenvalue weighted by molar-refractivity contribution is -0.384. The van der Waals surface area contributed by atoms with Crippen LogP contribution < -0.4 is 0 Å². The summed E-state index contributed by atoms with van der Waals surface area (Å²) in [6.45, 7) is 6.10. The van der Waals surface area contributed by atoms with Gasteiger partial charge in [0.2, 0.25) is 0 Å². The van der Waals surface area contributed by atoms with Gasteiger partial charge in [-0.05, 0) is 92.6 Å². The Kier molecular flexibility index (Phi) is 6.38. The summed E-state index contributed by atoms with van der Waals surface area (Å²) in [4.78, 5) is 20.3. The van der Waals surface area contributed by atoms with Gasteiger partial charge in [0.25, 0.3) is 5.69 Å². The van der Waals surface area contributed by atoms with Gasteiger partial charge in [0.1, 0.15) is 11.9 Å². The van der Waals surface area contributed by atoms with Gasteiger partial charge >= 0.3 is 0 Å². The lowest BCUT2D eigenvalue weighted by Crippen LogP contribution is -1.99. The number of aromatic nitrogens is 3. The fraction of sp³-hybridized carbons (Fsp3) is 0.103. The van der Waals surface area contributed by atoms with Crippen LogP contribution >= 0.6 is 11.8 Å². The number of nitrogens with zero attached hydrogens (tertiary/aromatic N) is 4. The van der Waals surface area contributed by atoms with Gasteiger partial charge in [0.05, 0.1) is 21.5 Å². The summed E-state index contributed by atoms with van der Waals surface area (Å²) < 4.78 is 2.16. The summed E-state index contributed by atoms with van der Waals surface area (Å²) in [5.41, 5.74) is 7.47. The van der Waals surface area contributed by atoms with Crippen LogP contribution in [0.1, 0.15) is 28.3 Å². The number of nitriles is 1. The molecule has 8 heteroatoms. The topological polar surface area (TPSA) is 101 Å². The minimum absolute atomic E-state index is 0.0816. The Hall–Kier alpha value is -4.61. The zero-order valence-electron chi connectivity index (χ0n) is 20.5. The first-order chi connectivity index (χ1) is 17.8. The van der Waals surface area contributed by atoms with Gasteiger partial charge in [-0.2, -0.15) is 5.26 Å². The van der Waals surface area contributed by atoms with Crippen molar-refractivity contribution in [2.75, 3.05) is 0 Å². The van der Waals surface area contributed by atoms with Gasteiger partial charge in [-0.1, -0.05) is 17.8 Å². The molecule has 0 aliphatic carbocycles. The molecule has 0 aliphatic heterocycles. The summed E-state index contributed by atoms with van der Waals surface area (Å²) in [6.07, 6.45) is 1.88. The van der Waals surface area contributed by atoms with Crippen molar-refractivity contribution in [3.63, 3.8) is 0 Å². The van der Waals surface area contributed by atoms with E-state index in [0.29, 0.717) is 11.4 Å². The standard InChI is InChI=1S/C29H23N5O2S/c1-18-4-13-27-28(14-18)32-29(31-27)22(17-30)16-21-15-19(2)33(20(21)3)23-5-9-25(10-6-23)37-26-11-7-24(8-12-26)34(35)36/h4-16H,1-3H3,(H,31,32)/b22-16-. The van der Waals surface area contributed by atoms with E-state index >= 15 is 0 Å². The molecule has 5 rings (SSSR count). The van der Waals surface area contributed by atoms with Crippen LogP contribution in [0.5, 0.6) is 0 Å². The third-order valence-electron chi connectivity index (χ3n) is 6.16. The summed E-state index contributed by atoms with van der Waals surface area (Å²) in [6, 6.07) is 25.1. The number of nitro groups is 1. The number of allylic oxidation sites excluding steroid dienone is 1. The van der Waals surface area contributed by atoms with Gasteiger partial charge in [-0.15, -0.1) is 0 Å². The average molecular weight is 506 g/mol. The maximum absolute atomic E-state index is 10.9. The number of hydrogen-bond donors (Lipinski definition) is 1. The number of nitrogens with one attached hydrogen (secondary N) is 1. The van der Waals surface area contributed by atoms with Crippen LogP contribution in [-0.4, -0.2) is 19.5 Å². The molecule has 0 spiro atoms. The SMILES string of the molecule is Cc1ccc2nc(/C(C#N)=C\c3cc(C)n(-c4ccc(Sc5ccc([N+](=O)[O-])cc5)cc4)c3C)[nH]c2c1. The number of benzene rings is 3. The quantitative estimate of drug-likeness (QED) is 0.147. The minimum Gasteiger partial charge on any atom is -0.337 e. The van der Waals surface area contributed by atoms with E-state index < -0.39 is 4.92 Å². The van der Waals surface area contributed by atoms with Gasteiger partial charge in [-0.3, -0.25) is 10.1 Å². The number of imidazole rings is 1. The summed E-state index contributed by atoms with van der Waals surface area (Å²) in [7, 11) is 0. The number of rotatable bonds is 6. The number of hydrogen-bond acceptors (Lipinski definition) is 5. The molecule has 7 nitrogen and oxygen atoms in total. The summed E-state index contributed by atoms with van der Waals surface area (Å²) >= 11 is 1.55. The number of aromatic amines is 1. The second-order valence-corrected chi connectivity index (χ2v) is 9.93. The molecule has 182 valence electrons. The van der Waals surface area contributed by atoms with Crippen LogP contribution in [0.4, 0.5) is 5.69 Å². The molecule has 0 unspecified atom stereocenters. The van der Waals surface area contributed by atoms with Gasteiger partial charge in [0.15, 0.2) is 0 Å². The van der Waals surface area contributed by atoms with Gasteiger partial charge < -0.3 is 9.55 Å². The Labute approximate surface area is 218 Å². The molecule has 5 aromatic rings. The first-order valence-corrected chi connectivity index (χ1v) is 12.4. The first kappa shape index (κ1) is 24.1. The number of nitro benzene ring substituents is 1. The fourth-order valence-electron chi connectivity index (χ4n) is 4.33. The van der Waals surface area contributed by atoms with Gasteiger partial charge in [0, 0.05) is 39.0 Å². The molecule has 2 aromatic heterocycles. The van der Waals surface area contributed by atoms with Crippen LogP contribution in [0.3, 0.4) is 0 Å². The van der Waals surface area contributed by atoms with E-state index in [1.807, 2.05) is 69.3 Å². The molecule has 0 fully saturated rings. The summed E-state index contributed by atoms with van der Waals surface area (Å²) in [5, 5.41) is 20.7. The van der Waals surface area contributed by atoms with Crippen molar-refractivity contribution in [3.8, 4) is 11.8 Å². The van der Waals surface area contributed by atoms with E-state index in [4.69, 9.17) is 0 Å². The monoisotopic (exact) mass is 505 g/mol. The van der Waals surface area contributed by atoms with Crippen molar-refractivity contribution in [2.45, 2.75) is 30.6 Å². The molecular formula is C29H23N5O2S. The van der Waals surface area contributed by atoms with Crippen LogP contribution in [0.2, 0.25) is 0 Å². The maximum Gasteiger partial charge on any atom is 0.269 e. The second-order valence-electron chi connectivity index (χ2n) is 8.78. The second kappa shape index (κ2) is 9.80. The summed E-state index contributed by atoms with van der Waals surface area (Å²) in [5.74, 6) is 0.556. The fourth-order valence-corrected chi connectivity index (χ4v) is 5.14. The van der Waals surface area contributed by atoms with Crippen molar-refractivity contribution in [3.05, 3.63) is 111 Å². The normalized spacial score (nSPS) is 11.6. The van der Waals surface area contributed by atoms with Crippen LogP contribution in [0.25, 0.3) is 28.4 Å². The van der Waals surface area contributed by atoms with Crippen LogP contribution in [-0.2, 0) is 0 Å². The Morgan fingerprint density at radius 1 is 1.03 bits per heavy atom. The van der Waals surface area contributed by atoms with Crippen LogP contribution in [0.15, 0.2) is 82.6 Å². The number of aryl methyl sites for hydroxylation is 2. The van der Waals surface area contributed by atoms with E-state index in [2.05, 4.69) is 26.7 Å². The van der Waals surface area contributed by atoms with E-state index in [0.717, 1.165) is 49.0 Å². The molecule has 0 amide bonds. The minimum atomic E-state index is -0.397. The smallest absolute Gasteiger partial charge is 0.269 e. The maximum atomic E-state index is 10.9. The van der Waals surface area contributed by atoms with Crippen molar-refractivity contribution in [2.24, 2.45) is 0 Å². The predicted molar refractivity (Wildman–Crippen MR) is 147 cm³/mol. The average Bonchev–Trinajstić information content (AvgIpc) is 3.42. The van der Waals surface area contributed by atoms with E-state index in [-0.39, 0.29) is 5.69 Å². The zero-order valence-corrected chi connectivity index (χ0v) is 21.3. The third-order valence-corrected chi connectivity index (χ3v) is 7.18. The van der Waals surface area contributed by atoms with Gasteiger partial charge in [-0.25, -0.2) is 4.98 Å². The van der Waals surface area contributed by atoms with Crippen LogP contribution in [0, 0.1) is 42.2 Å². The molecule has 0 aliphatic rings. The molecule has 0 saturated carbocycles. The molecule has 2 heterocycles. The first-order valence-electron chi connectivity index (χ1n) is 11.6. The van der Waals surface area contributed by atoms with E-state index in [1.165, 1.54) is 12.1 Å². The van der Waals surface area contributed by atoms with E-state index in [1.54, 1.807) is 23.9 Å². The Morgan fingerprint density at radius 3 is 2.35 bits per heavy atom. The molecule has 37 heavy (non-hydrogen) atoms. The van der Waals surface area contributed by atoms with Crippen molar-refractivity contribution in [1.82, 2.24) is 14.5 Å². The Bertz CT molecular complexity index is 1700. The predicted octanol–water partition coefficient (Wildman–Crippen LogP) is 7.40. The largest absolute Gasteiger partial charge is 0.337 e. The highest BCUT2D eigenvalue weighted by molar-refractivity contribution is 7.99. The lowest BCUT2D eigenvalue weighted by atomic mass is 10.1. The van der Waals surface area contributed by atoms with Crippen molar-refractivity contribution < 1.29 is 4.92 Å². The van der Waals surface area contributed by atoms with E-state index in [9.17, 15) is 15.4 Å². The number of fused-ring (bicyclic) bond motifs is 1. The number of H-pyrrole nitrogens is 1. The Morgan fingerprint density at radius 2 is 1.70 bits per heavy atom. The molecule has 0 radical (unpaired) electrons. The molecule has 0 saturated heterocycles. The zero-order chi connectivity index (χ0) is 26.1.